The summed E-state index contributed by atoms with van der Waals surface area (Å²) in [6.07, 6.45) is 0. The minimum absolute atomic E-state index is 0. The molecule has 0 amide bonds. The molecule has 0 spiro atoms. The first-order chi connectivity index (χ1) is 2.00. The van der Waals surface area contributed by atoms with Gasteiger partial charge in [0.25, 0.3) is 0 Å². The van der Waals surface area contributed by atoms with Crippen LogP contribution < -0.4 is 0 Å². The van der Waals surface area contributed by atoms with Gasteiger partial charge in [-0.05, 0) is 0 Å². The van der Waals surface area contributed by atoms with Crippen LogP contribution in [0.4, 0.5) is 0 Å². The second-order valence-electron chi connectivity index (χ2n) is 0.408. The molecule has 5 nitrogen and oxygen atoms in total. The summed E-state index contributed by atoms with van der Waals surface area (Å²) >= 11 is 0. The van der Waals surface area contributed by atoms with Crippen LogP contribution in [-0.4, -0.2) is 23.0 Å². The van der Waals surface area contributed by atoms with Gasteiger partial charge < -0.3 is 14.6 Å². The summed E-state index contributed by atoms with van der Waals surface area (Å²) in [5, 5.41) is 0. The van der Waals surface area contributed by atoms with Crippen LogP contribution in [-0.2, 0) is 32.8 Å². The van der Waals surface area contributed by atoms with Crippen LogP contribution in [0.5, 0.6) is 0 Å². The summed E-state index contributed by atoms with van der Waals surface area (Å²) in [7, 11) is -5.17. The van der Waals surface area contributed by atoms with Crippen LogP contribution in [0.1, 0.15) is 0 Å². The molecule has 7 heteroatoms. The Morgan fingerprint density at radius 3 is 1.14 bits per heavy atom. The van der Waals surface area contributed by atoms with Crippen LogP contribution in [0.3, 0.4) is 0 Å². The molecule has 51 valence electrons. The molecule has 0 rings (SSSR count). The Kier molecular flexibility index (Phi) is 10.6. The van der Waals surface area contributed by atoms with Gasteiger partial charge in [0.05, 0.1) is 0 Å². The summed E-state index contributed by atoms with van der Waals surface area (Å²) in [6.45, 7) is 0. The van der Waals surface area contributed by atoms with Gasteiger partial charge in [0.2, 0.25) is 0 Å². The van der Waals surface area contributed by atoms with E-state index in [9.17, 15) is 0 Å². The maximum absolute atomic E-state index is 8.52. The molecule has 0 aliphatic carbocycles. The zero-order valence-electron chi connectivity index (χ0n) is 2.84. The Balaban J connectivity index is -0.0000000800. The van der Waals surface area contributed by atoms with Crippen molar-refractivity contribution in [2.75, 3.05) is 0 Å². The predicted octanol–water partition coefficient (Wildman–Crippen LogP) is -2.17. The van der Waals surface area contributed by atoms with Crippen LogP contribution in [0.25, 0.3) is 0 Å². The van der Waals surface area contributed by atoms with Gasteiger partial charge in [-0.25, -0.2) is 0 Å². The quantitative estimate of drug-likeness (QED) is 0.263. The van der Waals surface area contributed by atoms with Gasteiger partial charge in [-0.3, -0.25) is 8.42 Å². The molecule has 0 bridgehead atoms. The molecule has 0 aliphatic rings. The van der Waals surface area contributed by atoms with Gasteiger partial charge in [-0.1, -0.05) is 0 Å². The minimum atomic E-state index is -5.17. The summed E-state index contributed by atoms with van der Waals surface area (Å²) in [4.78, 5) is 0. The normalized spacial score (nSPS) is 8.29. The first-order valence-corrected chi connectivity index (χ1v) is 2.00. The predicted molar refractivity (Wildman–Crippen MR) is 14.1 cm³/mol. The van der Waals surface area contributed by atoms with Crippen LogP contribution in [0.2, 0.25) is 0 Å². The van der Waals surface area contributed by atoms with Crippen molar-refractivity contribution < 1.29 is 45.4 Å². The van der Waals surface area contributed by atoms with E-state index in [1.807, 2.05) is 0 Å². The van der Waals surface area contributed by atoms with Crippen molar-refractivity contribution in [3.63, 3.8) is 0 Å². The van der Waals surface area contributed by atoms with Gasteiger partial charge in [0.15, 0.2) is 0 Å². The number of hydrogen-bond donors (Lipinski definition) is 0. The molecule has 0 aromatic carbocycles. The molecule has 0 aromatic rings. The molecule has 0 atom stereocenters. The van der Waals surface area contributed by atoms with E-state index in [0.29, 0.717) is 0 Å². The van der Waals surface area contributed by atoms with E-state index in [1.54, 1.807) is 0 Å². The largest absolute Gasteiger partial charge is 0.759 e. The second kappa shape index (κ2) is 4.72. The molecule has 0 saturated heterocycles. The Labute approximate surface area is 56.1 Å². The molecule has 0 saturated carbocycles. The van der Waals surface area contributed by atoms with Gasteiger partial charge in [0.1, 0.15) is 0 Å². The molecule has 7 heavy (non-hydrogen) atoms. The molecule has 2 N–H and O–H groups in total. The van der Waals surface area contributed by atoms with Gasteiger partial charge >= 0.3 is 0 Å². The van der Waals surface area contributed by atoms with Crippen molar-refractivity contribution in [1.82, 2.24) is 0 Å². The van der Waals surface area contributed by atoms with Crippen LogP contribution in [0.15, 0.2) is 0 Å². The summed E-state index contributed by atoms with van der Waals surface area (Å²) in [6, 6.07) is 0. The van der Waals surface area contributed by atoms with Crippen molar-refractivity contribution in [3.8, 4) is 0 Å². The van der Waals surface area contributed by atoms with Crippen molar-refractivity contribution in [1.29, 1.82) is 0 Å². The van der Waals surface area contributed by atoms with E-state index in [2.05, 4.69) is 0 Å². The van der Waals surface area contributed by atoms with Crippen LogP contribution in [0, 0.1) is 0 Å². The number of hydrogen-bond acceptors (Lipinski definition) is 4. The molecular weight excluding hydrogens is 220 g/mol. The molecule has 0 aliphatic heterocycles. The fourth-order valence-electron chi connectivity index (χ4n) is 0. The first-order valence-electron chi connectivity index (χ1n) is 0.667. The van der Waals surface area contributed by atoms with E-state index >= 15 is 0 Å². The summed E-state index contributed by atoms with van der Waals surface area (Å²) in [5.74, 6) is 0. The summed E-state index contributed by atoms with van der Waals surface area (Å²) in [5.41, 5.74) is 0. The monoisotopic (exact) mass is 221 g/mol. The van der Waals surface area contributed by atoms with E-state index in [4.69, 9.17) is 17.5 Å². The minimum Gasteiger partial charge on any atom is -0.759 e. The smallest absolute Gasteiger partial charge is 0.0311 e. The molecule has 1 radical (unpaired) electrons. The fourth-order valence-corrected chi connectivity index (χ4v) is 0. The third kappa shape index (κ3) is 422. The number of rotatable bonds is 0. The average molecular weight is 222 g/mol. The third-order valence-electron chi connectivity index (χ3n) is 0. The molecule has 0 fully saturated rings. The van der Waals surface area contributed by atoms with Crippen molar-refractivity contribution in [2.24, 2.45) is 0 Å². The van der Waals surface area contributed by atoms with Crippen molar-refractivity contribution in [2.45, 2.75) is 0 Å². The average Bonchev–Trinajstić information content (AvgIpc) is 0.722. The van der Waals surface area contributed by atoms with Crippen LogP contribution >= 0.6 is 0 Å². The maximum atomic E-state index is 8.52. The van der Waals surface area contributed by atoms with Crippen molar-refractivity contribution in [3.05, 3.63) is 0 Å². The molecule has 0 unspecified atom stereocenters. The standard InChI is InChI=1S/Ag.H2O4S.H2O/c;1-5(2,3)4;/h;(H2,1,2,3,4);1H2/p-2. The first kappa shape index (κ1) is 15.6. The van der Waals surface area contributed by atoms with Crippen molar-refractivity contribution >= 4 is 10.4 Å². The summed E-state index contributed by atoms with van der Waals surface area (Å²) < 4.78 is 34.1. The van der Waals surface area contributed by atoms with E-state index in [0.717, 1.165) is 0 Å². The Bertz CT molecular complexity index is 91.2. The molecule has 0 aromatic heterocycles. The van der Waals surface area contributed by atoms with E-state index in [1.165, 1.54) is 0 Å². The van der Waals surface area contributed by atoms with E-state index in [-0.39, 0.29) is 27.9 Å². The fraction of sp³-hybridized carbons (Fsp3) is 0. The zero-order chi connectivity index (χ0) is 4.50. The molecular formula is H2AgO5S-2. The maximum Gasteiger partial charge on any atom is 0.0311 e. The Hall–Kier alpha value is 0.570. The SMILES string of the molecule is O.O=S(=O)([O-])[O-].[Ag]. The van der Waals surface area contributed by atoms with E-state index < -0.39 is 10.4 Å². The van der Waals surface area contributed by atoms with Gasteiger partial charge in [0, 0.05) is 32.8 Å². The Morgan fingerprint density at radius 2 is 1.14 bits per heavy atom. The Morgan fingerprint density at radius 1 is 1.14 bits per heavy atom. The van der Waals surface area contributed by atoms with Gasteiger partial charge in [-0.2, -0.15) is 0 Å². The third-order valence-corrected chi connectivity index (χ3v) is 0. The molecule has 0 heterocycles. The second-order valence-corrected chi connectivity index (χ2v) is 1.22. The topological polar surface area (TPSA) is 112 Å². The van der Waals surface area contributed by atoms with Gasteiger partial charge in [-0.15, -0.1) is 0 Å². The zero-order valence-corrected chi connectivity index (χ0v) is 5.14.